The molecular weight excluding hydrogens is 348 g/mol. The van der Waals surface area contributed by atoms with Crippen molar-refractivity contribution in [3.05, 3.63) is 88.7 Å². The van der Waals surface area contributed by atoms with Crippen molar-refractivity contribution in [3.8, 4) is 0 Å². The first-order valence-electron chi connectivity index (χ1n) is 8.34. The van der Waals surface area contributed by atoms with Crippen LogP contribution >= 0.6 is 11.6 Å². The van der Waals surface area contributed by atoms with Crippen LogP contribution in [-0.2, 0) is 13.0 Å². The van der Waals surface area contributed by atoms with Gasteiger partial charge in [0.25, 0.3) is 5.91 Å². The number of carbonyl (C=O) groups excluding carboxylic acids is 1. The first-order chi connectivity index (χ1) is 12.7. The van der Waals surface area contributed by atoms with Gasteiger partial charge in [-0.1, -0.05) is 60.1 Å². The van der Waals surface area contributed by atoms with Crippen molar-refractivity contribution in [2.75, 3.05) is 11.9 Å². The molecule has 0 atom stereocenters. The Kier molecular flexibility index (Phi) is 6.17. The van der Waals surface area contributed by atoms with Crippen LogP contribution in [0.2, 0.25) is 5.02 Å². The lowest BCUT2D eigenvalue weighted by Crippen LogP contribution is -2.23. The van der Waals surface area contributed by atoms with Crippen LogP contribution in [0.15, 0.2) is 67.0 Å². The highest BCUT2D eigenvalue weighted by molar-refractivity contribution is 6.31. The second-order valence-corrected chi connectivity index (χ2v) is 6.14. The molecule has 1 heterocycles. The van der Waals surface area contributed by atoms with E-state index >= 15 is 0 Å². The molecule has 3 aromatic rings. The second-order valence-electron chi connectivity index (χ2n) is 5.73. The summed E-state index contributed by atoms with van der Waals surface area (Å²) in [5, 5.41) is 6.60. The molecular formula is C20H19ClN4O. The average molecular weight is 367 g/mol. The SMILES string of the molecule is O=C(NCc1ccccc1Cl)c1cnc(NCCc2ccccc2)nc1. The van der Waals surface area contributed by atoms with Crippen molar-refractivity contribution in [1.82, 2.24) is 15.3 Å². The number of hydrogen-bond donors (Lipinski definition) is 2. The van der Waals surface area contributed by atoms with Crippen molar-refractivity contribution in [2.24, 2.45) is 0 Å². The van der Waals surface area contributed by atoms with Crippen LogP contribution in [-0.4, -0.2) is 22.4 Å². The molecule has 6 heteroatoms. The minimum absolute atomic E-state index is 0.235. The van der Waals surface area contributed by atoms with E-state index in [4.69, 9.17) is 11.6 Å². The molecule has 0 bridgehead atoms. The predicted molar refractivity (Wildman–Crippen MR) is 103 cm³/mol. The number of anilines is 1. The monoisotopic (exact) mass is 366 g/mol. The molecule has 0 aliphatic rings. The van der Waals surface area contributed by atoms with Gasteiger partial charge in [-0.2, -0.15) is 0 Å². The number of nitrogens with one attached hydrogen (secondary N) is 2. The van der Waals surface area contributed by atoms with E-state index in [0.717, 1.165) is 18.5 Å². The molecule has 0 saturated carbocycles. The van der Waals surface area contributed by atoms with Crippen LogP contribution < -0.4 is 10.6 Å². The van der Waals surface area contributed by atoms with Crippen LogP contribution in [0.1, 0.15) is 21.5 Å². The molecule has 26 heavy (non-hydrogen) atoms. The average Bonchev–Trinajstić information content (AvgIpc) is 2.68. The fourth-order valence-corrected chi connectivity index (χ4v) is 2.62. The Morgan fingerprint density at radius 3 is 2.38 bits per heavy atom. The summed E-state index contributed by atoms with van der Waals surface area (Å²) in [5.74, 6) is 0.268. The van der Waals surface area contributed by atoms with Crippen LogP contribution in [0, 0.1) is 0 Å². The molecule has 132 valence electrons. The van der Waals surface area contributed by atoms with E-state index in [1.54, 1.807) is 6.07 Å². The Labute approximate surface area is 157 Å². The van der Waals surface area contributed by atoms with Crippen molar-refractivity contribution in [1.29, 1.82) is 0 Å². The van der Waals surface area contributed by atoms with Gasteiger partial charge in [0.1, 0.15) is 0 Å². The zero-order chi connectivity index (χ0) is 18.2. The largest absolute Gasteiger partial charge is 0.354 e. The maximum absolute atomic E-state index is 12.2. The van der Waals surface area contributed by atoms with Crippen LogP contribution in [0.4, 0.5) is 5.95 Å². The van der Waals surface area contributed by atoms with Crippen molar-refractivity contribution in [2.45, 2.75) is 13.0 Å². The molecule has 0 aliphatic heterocycles. The van der Waals surface area contributed by atoms with Gasteiger partial charge >= 0.3 is 0 Å². The summed E-state index contributed by atoms with van der Waals surface area (Å²) in [5.41, 5.74) is 2.52. The van der Waals surface area contributed by atoms with E-state index < -0.39 is 0 Å². The molecule has 1 amide bonds. The third-order valence-corrected chi connectivity index (χ3v) is 4.22. The van der Waals surface area contributed by atoms with E-state index in [0.29, 0.717) is 23.1 Å². The second kappa shape index (κ2) is 8.97. The number of benzene rings is 2. The molecule has 3 rings (SSSR count). The smallest absolute Gasteiger partial charge is 0.254 e. The molecule has 2 N–H and O–H groups in total. The summed E-state index contributed by atoms with van der Waals surface area (Å²) in [4.78, 5) is 20.6. The van der Waals surface area contributed by atoms with Gasteiger partial charge in [0, 0.05) is 30.5 Å². The highest BCUT2D eigenvalue weighted by Crippen LogP contribution is 2.14. The van der Waals surface area contributed by atoms with E-state index in [1.165, 1.54) is 18.0 Å². The molecule has 0 saturated heterocycles. The highest BCUT2D eigenvalue weighted by atomic mass is 35.5. The van der Waals surface area contributed by atoms with Crippen LogP contribution in [0.5, 0.6) is 0 Å². The number of halogens is 1. The summed E-state index contributed by atoms with van der Waals surface area (Å²) in [6.07, 6.45) is 3.91. The highest BCUT2D eigenvalue weighted by Gasteiger charge is 2.08. The Morgan fingerprint density at radius 1 is 0.962 bits per heavy atom. The van der Waals surface area contributed by atoms with Gasteiger partial charge in [0.05, 0.1) is 5.56 Å². The van der Waals surface area contributed by atoms with Crippen LogP contribution in [0.3, 0.4) is 0 Å². The normalized spacial score (nSPS) is 10.3. The summed E-state index contributed by atoms with van der Waals surface area (Å²) < 4.78 is 0. The van der Waals surface area contributed by atoms with Crippen molar-refractivity contribution >= 4 is 23.5 Å². The molecule has 0 fully saturated rings. The standard InChI is InChI=1S/C20H19ClN4O/c21-18-9-5-4-8-16(18)12-23-19(26)17-13-24-20(25-14-17)22-11-10-15-6-2-1-3-7-15/h1-9,13-14H,10-12H2,(H,23,26)(H,22,24,25). The van der Waals surface area contributed by atoms with Gasteiger partial charge in [-0.15, -0.1) is 0 Å². The Bertz CT molecular complexity index is 853. The predicted octanol–water partition coefficient (Wildman–Crippen LogP) is 3.71. The van der Waals surface area contributed by atoms with Crippen molar-refractivity contribution < 1.29 is 4.79 Å². The fraction of sp³-hybridized carbons (Fsp3) is 0.150. The maximum atomic E-state index is 12.2. The number of aromatic nitrogens is 2. The number of carbonyl (C=O) groups is 1. The third-order valence-electron chi connectivity index (χ3n) is 3.85. The molecule has 2 aromatic carbocycles. The van der Waals surface area contributed by atoms with E-state index in [9.17, 15) is 4.79 Å². The van der Waals surface area contributed by atoms with Crippen molar-refractivity contribution in [3.63, 3.8) is 0 Å². The molecule has 0 spiro atoms. The van der Waals surface area contributed by atoms with E-state index in [1.807, 2.05) is 36.4 Å². The zero-order valence-electron chi connectivity index (χ0n) is 14.2. The summed E-state index contributed by atoms with van der Waals surface area (Å²) in [6.45, 7) is 1.08. The summed E-state index contributed by atoms with van der Waals surface area (Å²) >= 11 is 6.08. The fourth-order valence-electron chi connectivity index (χ4n) is 2.42. The lowest BCUT2D eigenvalue weighted by Gasteiger charge is -2.08. The number of nitrogens with zero attached hydrogens (tertiary/aromatic N) is 2. The number of hydrogen-bond acceptors (Lipinski definition) is 4. The quantitative estimate of drug-likeness (QED) is 0.668. The topological polar surface area (TPSA) is 66.9 Å². The van der Waals surface area contributed by atoms with E-state index in [2.05, 4.69) is 32.7 Å². The van der Waals surface area contributed by atoms with Gasteiger partial charge in [-0.05, 0) is 23.6 Å². The zero-order valence-corrected chi connectivity index (χ0v) is 14.9. The Hall–Kier alpha value is -2.92. The van der Waals surface area contributed by atoms with Gasteiger partial charge in [0.2, 0.25) is 5.95 Å². The Balaban J connectivity index is 1.49. The minimum Gasteiger partial charge on any atom is -0.354 e. The third kappa shape index (κ3) is 5.04. The van der Waals surface area contributed by atoms with Gasteiger partial charge < -0.3 is 10.6 Å². The van der Waals surface area contributed by atoms with E-state index in [-0.39, 0.29) is 5.91 Å². The first-order valence-corrected chi connectivity index (χ1v) is 8.71. The number of amides is 1. The number of rotatable bonds is 7. The molecule has 0 radical (unpaired) electrons. The maximum Gasteiger partial charge on any atom is 0.254 e. The molecule has 5 nitrogen and oxygen atoms in total. The lowest BCUT2D eigenvalue weighted by molar-refractivity contribution is 0.0950. The minimum atomic E-state index is -0.235. The molecule has 1 aromatic heterocycles. The van der Waals surface area contributed by atoms with Gasteiger partial charge in [-0.3, -0.25) is 4.79 Å². The molecule has 0 unspecified atom stereocenters. The summed E-state index contributed by atoms with van der Waals surface area (Å²) in [7, 11) is 0. The van der Waals surface area contributed by atoms with Gasteiger partial charge in [0.15, 0.2) is 0 Å². The van der Waals surface area contributed by atoms with Crippen LogP contribution in [0.25, 0.3) is 0 Å². The first kappa shape index (κ1) is 17.9. The molecule has 0 aliphatic carbocycles. The lowest BCUT2D eigenvalue weighted by atomic mass is 10.1. The van der Waals surface area contributed by atoms with Gasteiger partial charge in [-0.25, -0.2) is 9.97 Å². The summed E-state index contributed by atoms with van der Waals surface area (Å²) in [6, 6.07) is 17.6. The Morgan fingerprint density at radius 2 is 1.65 bits per heavy atom.